The zero-order valence-electron chi connectivity index (χ0n) is 19.8. The number of hydrogen-bond donors (Lipinski definition) is 1. The molecule has 0 saturated carbocycles. The quantitative estimate of drug-likeness (QED) is 0.436. The minimum Gasteiger partial charge on any atom is -0.462 e. The standard InChI is InChI=1S/C27H28N2O5S/c1-3-21(34-26(31)19-11-8-14-28-16-19)24(30)29-25-23(27(32)33-4-2)20-13-12-18(15-22(20)35-25)17-9-6-5-7-10-17/h5-11,14,16,18,21H,3-4,12-13,15H2,1-2H3,(H,29,30). The van der Waals surface area contributed by atoms with Gasteiger partial charge in [0, 0.05) is 17.3 Å². The molecule has 4 rings (SSSR count). The summed E-state index contributed by atoms with van der Waals surface area (Å²) in [6.07, 6.45) is 4.65. The van der Waals surface area contributed by atoms with E-state index in [1.165, 1.54) is 23.1 Å². The Hall–Kier alpha value is -3.52. The van der Waals surface area contributed by atoms with E-state index >= 15 is 0 Å². The fraction of sp³-hybridized carbons (Fsp3) is 0.333. The fourth-order valence-electron chi connectivity index (χ4n) is 4.30. The summed E-state index contributed by atoms with van der Waals surface area (Å²) < 4.78 is 10.8. The zero-order valence-corrected chi connectivity index (χ0v) is 20.6. The number of thiophene rings is 1. The Balaban J connectivity index is 1.56. The van der Waals surface area contributed by atoms with Gasteiger partial charge in [0.2, 0.25) is 0 Å². The Morgan fingerprint density at radius 1 is 1.11 bits per heavy atom. The molecule has 1 aromatic carbocycles. The first-order valence-corrected chi connectivity index (χ1v) is 12.6. The number of ether oxygens (including phenoxy) is 2. The van der Waals surface area contributed by atoms with Gasteiger partial charge in [0.1, 0.15) is 5.00 Å². The number of anilines is 1. The van der Waals surface area contributed by atoms with Crippen molar-refractivity contribution >= 4 is 34.2 Å². The largest absolute Gasteiger partial charge is 0.462 e. The maximum absolute atomic E-state index is 13.1. The smallest absolute Gasteiger partial charge is 0.341 e. The summed E-state index contributed by atoms with van der Waals surface area (Å²) >= 11 is 1.40. The Bertz CT molecular complexity index is 1190. The van der Waals surface area contributed by atoms with Crippen molar-refractivity contribution in [3.63, 3.8) is 0 Å². The number of carbonyl (C=O) groups is 3. The lowest BCUT2D eigenvalue weighted by Gasteiger charge is -2.23. The first-order valence-electron chi connectivity index (χ1n) is 11.8. The molecule has 2 aromatic heterocycles. The average molecular weight is 493 g/mol. The van der Waals surface area contributed by atoms with Gasteiger partial charge in [0.05, 0.1) is 17.7 Å². The van der Waals surface area contributed by atoms with E-state index in [0.29, 0.717) is 16.5 Å². The van der Waals surface area contributed by atoms with Crippen molar-refractivity contribution in [2.24, 2.45) is 0 Å². The van der Waals surface area contributed by atoms with Crippen LogP contribution in [0.4, 0.5) is 5.00 Å². The Morgan fingerprint density at radius 2 is 1.91 bits per heavy atom. The zero-order chi connectivity index (χ0) is 24.8. The molecule has 0 radical (unpaired) electrons. The highest BCUT2D eigenvalue weighted by Gasteiger charge is 2.32. The number of nitrogens with zero attached hydrogens (tertiary/aromatic N) is 1. The van der Waals surface area contributed by atoms with Gasteiger partial charge in [0.15, 0.2) is 6.10 Å². The SMILES string of the molecule is CCOC(=O)c1c(NC(=O)C(CC)OC(=O)c2cccnc2)sc2c1CCC(c1ccccc1)C2. The van der Waals surface area contributed by atoms with E-state index < -0.39 is 23.9 Å². The number of esters is 2. The van der Waals surface area contributed by atoms with Crippen molar-refractivity contribution in [1.82, 2.24) is 4.98 Å². The van der Waals surface area contributed by atoms with Crippen molar-refractivity contribution in [3.8, 4) is 0 Å². The lowest BCUT2D eigenvalue weighted by molar-refractivity contribution is -0.124. The van der Waals surface area contributed by atoms with Gasteiger partial charge in [-0.25, -0.2) is 9.59 Å². The minimum absolute atomic E-state index is 0.240. The molecule has 0 bridgehead atoms. The summed E-state index contributed by atoms with van der Waals surface area (Å²) in [6.45, 7) is 3.76. The second-order valence-corrected chi connectivity index (χ2v) is 9.42. The van der Waals surface area contributed by atoms with Crippen molar-refractivity contribution in [2.45, 2.75) is 51.6 Å². The first kappa shape index (κ1) is 24.6. The Kier molecular flexibility index (Phi) is 7.92. The van der Waals surface area contributed by atoms with Crippen LogP contribution in [0.3, 0.4) is 0 Å². The Morgan fingerprint density at radius 3 is 2.60 bits per heavy atom. The molecule has 0 saturated heterocycles. The molecule has 7 nitrogen and oxygen atoms in total. The normalized spacial score (nSPS) is 15.5. The third kappa shape index (κ3) is 5.59. The van der Waals surface area contributed by atoms with Crippen molar-refractivity contribution in [1.29, 1.82) is 0 Å². The molecule has 1 aliphatic carbocycles. The van der Waals surface area contributed by atoms with Gasteiger partial charge in [-0.2, -0.15) is 0 Å². The third-order valence-corrected chi connectivity index (χ3v) is 7.23. The van der Waals surface area contributed by atoms with E-state index in [2.05, 4.69) is 22.4 Å². The van der Waals surface area contributed by atoms with Crippen LogP contribution in [0.15, 0.2) is 54.9 Å². The summed E-state index contributed by atoms with van der Waals surface area (Å²) in [5.41, 5.74) is 2.89. The summed E-state index contributed by atoms with van der Waals surface area (Å²) in [5.74, 6) is -1.20. The van der Waals surface area contributed by atoms with Gasteiger partial charge >= 0.3 is 11.9 Å². The van der Waals surface area contributed by atoms with Crippen molar-refractivity contribution in [3.05, 3.63) is 82.0 Å². The topological polar surface area (TPSA) is 94.6 Å². The first-order chi connectivity index (χ1) is 17.0. The predicted octanol–water partition coefficient (Wildman–Crippen LogP) is 5.17. The number of fused-ring (bicyclic) bond motifs is 1. The van der Waals surface area contributed by atoms with Gasteiger partial charge in [-0.3, -0.25) is 9.78 Å². The van der Waals surface area contributed by atoms with Crippen LogP contribution < -0.4 is 5.32 Å². The maximum atomic E-state index is 13.1. The van der Waals surface area contributed by atoms with Crippen LogP contribution in [0.25, 0.3) is 0 Å². The van der Waals surface area contributed by atoms with Crippen LogP contribution in [0.1, 0.15) is 69.3 Å². The molecule has 1 amide bonds. The predicted molar refractivity (Wildman–Crippen MR) is 134 cm³/mol. The molecule has 8 heteroatoms. The summed E-state index contributed by atoms with van der Waals surface area (Å²) in [6, 6.07) is 13.5. The minimum atomic E-state index is -1.01. The van der Waals surface area contributed by atoms with Crippen molar-refractivity contribution < 1.29 is 23.9 Å². The number of hydrogen-bond acceptors (Lipinski definition) is 7. The number of pyridine rings is 1. The number of rotatable bonds is 8. The van der Waals surface area contributed by atoms with Crippen LogP contribution in [-0.2, 0) is 27.1 Å². The van der Waals surface area contributed by atoms with E-state index in [0.717, 1.165) is 29.7 Å². The molecule has 1 aliphatic rings. The van der Waals surface area contributed by atoms with Gasteiger partial charge in [-0.05, 0) is 61.8 Å². The second-order valence-electron chi connectivity index (χ2n) is 8.31. The van der Waals surface area contributed by atoms with Gasteiger partial charge in [-0.15, -0.1) is 11.3 Å². The molecule has 35 heavy (non-hydrogen) atoms. The third-order valence-electron chi connectivity index (χ3n) is 6.06. The lowest BCUT2D eigenvalue weighted by atomic mass is 9.83. The highest BCUT2D eigenvalue weighted by atomic mass is 32.1. The van der Waals surface area contributed by atoms with Crippen LogP contribution in [-0.4, -0.2) is 35.5 Å². The number of carbonyl (C=O) groups excluding carboxylic acids is 3. The highest BCUT2D eigenvalue weighted by molar-refractivity contribution is 7.17. The monoisotopic (exact) mass is 492 g/mol. The average Bonchev–Trinajstić information content (AvgIpc) is 3.25. The fourth-order valence-corrected chi connectivity index (χ4v) is 5.62. The number of aromatic nitrogens is 1. The molecule has 2 unspecified atom stereocenters. The molecule has 0 aliphatic heterocycles. The van der Waals surface area contributed by atoms with E-state index in [-0.39, 0.29) is 18.6 Å². The maximum Gasteiger partial charge on any atom is 0.341 e. The summed E-state index contributed by atoms with van der Waals surface area (Å²) in [5, 5.41) is 3.30. The second kappa shape index (κ2) is 11.3. The number of benzene rings is 1. The molecular weight excluding hydrogens is 464 g/mol. The highest BCUT2D eigenvalue weighted by Crippen LogP contribution is 2.43. The Labute approximate surface area is 208 Å². The molecule has 3 aromatic rings. The number of nitrogens with one attached hydrogen (secondary N) is 1. The summed E-state index contributed by atoms with van der Waals surface area (Å²) in [4.78, 5) is 43.4. The van der Waals surface area contributed by atoms with E-state index in [1.807, 2.05) is 18.2 Å². The van der Waals surface area contributed by atoms with Crippen molar-refractivity contribution in [2.75, 3.05) is 11.9 Å². The number of amides is 1. The molecule has 2 heterocycles. The van der Waals surface area contributed by atoms with Gasteiger partial charge in [0.25, 0.3) is 5.91 Å². The molecule has 1 N–H and O–H groups in total. The van der Waals surface area contributed by atoms with Crippen LogP contribution in [0.5, 0.6) is 0 Å². The van der Waals surface area contributed by atoms with Gasteiger partial charge < -0.3 is 14.8 Å². The molecule has 0 fully saturated rings. The van der Waals surface area contributed by atoms with Crippen LogP contribution in [0.2, 0.25) is 0 Å². The van der Waals surface area contributed by atoms with Crippen LogP contribution in [0, 0.1) is 0 Å². The molecule has 182 valence electrons. The molecular formula is C27H28N2O5S. The van der Waals surface area contributed by atoms with Crippen LogP contribution >= 0.6 is 11.3 Å². The summed E-state index contributed by atoms with van der Waals surface area (Å²) in [7, 11) is 0. The molecule has 0 spiro atoms. The van der Waals surface area contributed by atoms with E-state index in [1.54, 1.807) is 32.2 Å². The van der Waals surface area contributed by atoms with E-state index in [9.17, 15) is 14.4 Å². The molecule has 2 atom stereocenters. The lowest BCUT2D eigenvalue weighted by Crippen LogP contribution is -2.32. The van der Waals surface area contributed by atoms with Gasteiger partial charge in [-0.1, -0.05) is 37.3 Å². The van der Waals surface area contributed by atoms with E-state index in [4.69, 9.17) is 9.47 Å².